The van der Waals surface area contributed by atoms with Gasteiger partial charge < -0.3 is 26.5 Å². The van der Waals surface area contributed by atoms with Gasteiger partial charge in [0, 0.05) is 37.2 Å². The summed E-state index contributed by atoms with van der Waals surface area (Å²) in [4.78, 5) is 38.6. The molecule has 1 saturated carbocycles. The molecule has 188 valence electrons. The van der Waals surface area contributed by atoms with E-state index < -0.39 is 12.1 Å². The highest BCUT2D eigenvalue weighted by Crippen LogP contribution is 2.45. The summed E-state index contributed by atoms with van der Waals surface area (Å²) in [7, 11) is 0. The summed E-state index contributed by atoms with van der Waals surface area (Å²) in [5, 5.41) is 16.4. The molecule has 3 rings (SSSR count). The van der Waals surface area contributed by atoms with Crippen LogP contribution in [0.2, 0.25) is 0 Å². The number of halogens is 2. The fourth-order valence-corrected chi connectivity index (χ4v) is 5.70. The second-order valence-corrected chi connectivity index (χ2v) is 9.15. The van der Waals surface area contributed by atoms with Crippen LogP contribution in [-0.4, -0.2) is 72.8 Å². The fourth-order valence-electron chi connectivity index (χ4n) is 5.70. The van der Waals surface area contributed by atoms with Gasteiger partial charge in [-0.25, -0.2) is 4.79 Å². The number of nitrogens with zero attached hydrogens (tertiary/aromatic N) is 1. The molecule has 0 radical (unpaired) electrons. The molecular formula is C22H38Cl2N6O3. The average Bonchev–Trinajstić information content (AvgIpc) is 3.10. The van der Waals surface area contributed by atoms with Gasteiger partial charge in [-0.2, -0.15) is 0 Å². The first kappa shape index (κ1) is 29.4. The number of fused-ring (bicyclic) bond motifs is 1. The number of aldehydes is 1. The number of nitrogens with two attached hydrogens (primary N) is 1. The predicted molar refractivity (Wildman–Crippen MR) is 133 cm³/mol. The summed E-state index contributed by atoms with van der Waals surface area (Å²) in [5.41, 5.74) is 5.78. The van der Waals surface area contributed by atoms with Crippen LogP contribution in [0.5, 0.6) is 0 Å². The van der Waals surface area contributed by atoms with Crippen molar-refractivity contribution in [2.24, 2.45) is 11.7 Å². The summed E-state index contributed by atoms with van der Waals surface area (Å²) in [6.45, 7) is 2.77. The largest absolute Gasteiger partial charge is 0.370 e. The molecule has 3 fully saturated rings. The van der Waals surface area contributed by atoms with Crippen LogP contribution in [0.25, 0.3) is 0 Å². The summed E-state index contributed by atoms with van der Waals surface area (Å²) in [6.07, 6.45) is 9.01. The van der Waals surface area contributed by atoms with E-state index in [9.17, 15) is 14.4 Å². The molecule has 0 aromatic heterocycles. The van der Waals surface area contributed by atoms with Crippen LogP contribution in [0.15, 0.2) is 5.57 Å². The highest BCUT2D eigenvalue weighted by Gasteiger charge is 2.52. The van der Waals surface area contributed by atoms with Gasteiger partial charge in [0.2, 0.25) is 5.91 Å². The molecule has 6 N–H and O–H groups in total. The molecular weight excluding hydrogens is 467 g/mol. The Morgan fingerprint density at radius 2 is 2.09 bits per heavy atom. The number of carbonyl (C=O) groups is 2. The van der Waals surface area contributed by atoms with Crippen molar-refractivity contribution in [3.8, 4) is 0 Å². The Morgan fingerprint density at radius 1 is 1.33 bits per heavy atom. The van der Waals surface area contributed by atoms with Gasteiger partial charge in [-0.05, 0) is 51.0 Å². The number of nitrogens with one attached hydrogen (secondary N) is 4. The summed E-state index contributed by atoms with van der Waals surface area (Å²) in [6, 6.07) is -1.05. The first-order valence-electron chi connectivity index (χ1n) is 11.5. The van der Waals surface area contributed by atoms with E-state index in [0.717, 1.165) is 51.5 Å². The van der Waals surface area contributed by atoms with Gasteiger partial charge in [-0.1, -0.05) is 12.8 Å². The topological polar surface area (TPSA) is 140 Å². The van der Waals surface area contributed by atoms with Gasteiger partial charge in [0.25, 0.3) is 0 Å². The maximum Gasteiger partial charge on any atom is 0.238 e. The van der Waals surface area contributed by atoms with Crippen molar-refractivity contribution in [2.45, 2.75) is 75.4 Å². The molecule has 0 spiro atoms. The van der Waals surface area contributed by atoms with Crippen LogP contribution in [0.3, 0.4) is 0 Å². The molecule has 4 atom stereocenters. The number of carbonyl (C=O) groups excluding carboxylic acids is 3. The van der Waals surface area contributed by atoms with Crippen LogP contribution in [0.4, 0.5) is 0 Å². The van der Waals surface area contributed by atoms with Crippen LogP contribution in [0.1, 0.15) is 57.8 Å². The summed E-state index contributed by atoms with van der Waals surface area (Å²) >= 11 is 0. The van der Waals surface area contributed by atoms with E-state index >= 15 is 0 Å². The van der Waals surface area contributed by atoms with Gasteiger partial charge in [-0.3, -0.25) is 15.1 Å². The molecule has 1 amide bonds. The Bertz CT molecular complexity index is 733. The summed E-state index contributed by atoms with van der Waals surface area (Å²) in [5.74, 6) is 2.27. The zero-order valence-electron chi connectivity index (χ0n) is 19.1. The average molecular weight is 505 g/mol. The first-order valence-corrected chi connectivity index (χ1v) is 11.5. The molecule has 9 nitrogen and oxygen atoms in total. The Balaban J connectivity index is 0.00000272. The minimum atomic E-state index is -0.598. The number of likely N-dealkylation sites (tertiary alicyclic amines) is 1. The SMILES string of the molecule is Cl.Cl.N=C(N)NCCC[C@@H](C=O)NC(=O)[C@@H]1CC(=C=O)CN1[C@]12CCCC[C@H]1CCCNC2. The highest BCUT2D eigenvalue weighted by molar-refractivity contribution is 5.86. The molecule has 1 aliphatic carbocycles. The van der Waals surface area contributed by atoms with Crippen molar-refractivity contribution < 1.29 is 14.4 Å². The zero-order chi connectivity index (χ0) is 22.3. The van der Waals surface area contributed by atoms with Crippen LogP contribution >= 0.6 is 24.8 Å². The quantitative estimate of drug-likeness (QED) is 0.109. The number of hydrogen-bond donors (Lipinski definition) is 5. The Morgan fingerprint density at radius 3 is 2.79 bits per heavy atom. The van der Waals surface area contributed by atoms with E-state index in [0.29, 0.717) is 43.8 Å². The number of guanidine groups is 1. The first-order chi connectivity index (χ1) is 15.0. The van der Waals surface area contributed by atoms with Crippen molar-refractivity contribution in [1.29, 1.82) is 5.41 Å². The lowest BCUT2D eigenvalue weighted by atomic mass is 9.70. The van der Waals surface area contributed by atoms with E-state index in [2.05, 4.69) is 26.8 Å². The van der Waals surface area contributed by atoms with Gasteiger partial charge >= 0.3 is 0 Å². The molecule has 0 aromatic carbocycles. The molecule has 11 heteroatoms. The lowest BCUT2D eigenvalue weighted by Crippen LogP contribution is -2.63. The third-order valence-corrected chi connectivity index (χ3v) is 7.20. The Labute approximate surface area is 208 Å². The lowest BCUT2D eigenvalue weighted by molar-refractivity contribution is -0.131. The van der Waals surface area contributed by atoms with E-state index in [-0.39, 0.29) is 42.2 Å². The van der Waals surface area contributed by atoms with E-state index in [1.54, 1.807) is 0 Å². The number of amides is 1. The van der Waals surface area contributed by atoms with Crippen LogP contribution in [0, 0.1) is 11.3 Å². The third-order valence-electron chi connectivity index (χ3n) is 7.20. The summed E-state index contributed by atoms with van der Waals surface area (Å²) < 4.78 is 0. The normalized spacial score (nSPS) is 28.1. The molecule has 2 heterocycles. The molecule has 0 bridgehead atoms. The number of hydrogen-bond acceptors (Lipinski definition) is 6. The Kier molecular flexibility index (Phi) is 12.4. The smallest absolute Gasteiger partial charge is 0.238 e. The second-order valence-electron chi connectivity index (χ2n) is 9.15. The molecule has 0 aromatic rings. The van der Waals surface area contributed by atoms with E-state index in [1.807, 2.05) is 0 Å². The standard InChI is InChI=1S/C22H36N6O3.2ClH/c23-21(24)26-10-4-7-18(14-30)27-20(31)19-11-16(13-29)12-28(19)22-8-2-1-5-17(22)6-3-9-25-15-22;;/h14,17-19,25H,1-12,15H2,(H,27,31)(H4,23,24,26);2*1H/t17-,18-,19-,22-;;/m0../s1. The molecule has 2 saturated heterocycles. The predicted octanol–water partition coefficient (Wildman–Crippen LogP) is 0.922. The zero-order valence-corrected chi connectivity index (χ0v) is 20.7. The molecule has 33 heavy (non-hydrogen) atoms. The van der Waals surface area contributed by atoms with Crippen LogP contribution < -0.4 is 21.7 Å². The van der Waals surface area contributed by atoms with Crippen molar-refractivity contribution in [1.82, 2.24) is 20.9 Å². The Hall–Kier alpha value is -1.64. The second kappa shape index (κ2) is 13.9. The van der Waals surface area contributed by atoms with Gasteiger partial charge in [-0.15, -0.1) is 24.8 Å². The fraction of sp³-hybridized carbons (Fsp3) is 0.773. The monoisotopic (exact) mass is 504 g/mol. The minimum absolute atomic E-state index is 0. The molecule has 2 aliphatic heterocycles. The van der Waals surface area contributed by atoms with Crippen molar-refractivity contribution >= 4 is 48.9 Å². The maximum absolute atomic E-state index is 13.3. The van der Waals surface area contributed by atoms with E-state index in [4.69, 9.17) is 11.1 Å². The maximum atomic E-state index is 13.3. The molecule has 3 aliphatic rings. The highest BCUT2D eigenvalue weighted by atomic mass is 35.5. The van der Waals surface area contributed by atoms with Gasteiger partial charge in [0.05, 0.1) is 12.1 Å². The van der Waals surface area contributed by atoms with Crippen LogP contribution in [-0.2, 0) is 14.4 Å². The van der Waals surface area contributed by atoms with E-state index in [1.165, 1.54) is 6.42 Å². The minimum Gasteiger partial charge on any atom is -0.370 e. The van der Waals surface area contributed by atoms with Crippen molar-refractivity contribution in [3.63, 3.8) is 0 Å². The van der Waals surface area contributed by atoms with Crippen molar-refractivity contribution in [3.05, 3.63) is 5.57 Å². The number of rotatable bonds is 8. The van der Waals surface area contributed by atoms with Gasteiger partial charge in [0.15, 0.2) is 5.96 Å². The van der Waals surface area contributed by atoms with Crippen molar-refractivity contribution in [2.75, 3.05) is 26.2 Å². The lowest BCUT2D eigenvalue weighted by Gasteiger charge is -2.51. The third kappa shape index (κ3) is 7.17. The van der Waals surface area contributed by atoms with Gasteiger partial charge in [0.1, 0.15) is 12.2 Å². The molecule has 0 unspecified atom stereocenters.